The summed E-state index contributed by atoms with van der Waals surface area (Å²) in [6.45, 7) is 0.121. The largest absolute Gasteiger partial charge is 0.469 e. The van der Waals surface area contributed by atoms with Crippen LogP contribution in [0.25, 0.3) is 0 Å². The van der Waals surface area contributed by atoms with Gasteiger partial charge in [0.1, 0.15) is 0 Å². The third-order valence-corrected chi connectivity index (χ3v) is 1.74. The van der Waals surface area contributed by atoms with Crippen molar-refractivity contribution in [3.63, 3.8) is 0 Å². The number of nitrogens with two attached hydrogens (primary N) is 1. The summed E-state index contributed by atoms with van der Waals surface area (Å²) in [6, 6.07) is 0. The predicted octanol–water partition coefficient (Wildman–Crippen LogP) is -1.87. The summed E-state index contributed by atoms with van der Waals surface area (Å²) >= 11 is 0. The number of carbonyl (C=O) groups excluding carboxylic acids is 3. The molecule has 0 heterocycles. The fourth-order valence-electron chi connectivity index (χ4n) is 0.876. The Morgan fingerprint density at radius 2 is 1.88 bits per heavy atom. The molecule has 2 amide bonds. The van der Waals surface area contributed by atoms with Gasteiger partial charge in [0, 0.05) is 13.0 Å². The van der Waals surface area contributed by atoms with Crippen molar-refractivity contribution >= 4 is 17.8 Å². The quantitative estimate of drug-likeness (QED) is 0.351. The first-order valence-electron chi connectivity index (χ1n) is 4.90. The number of hydrogen-bond donors (Lipinski definition) is 3. The Morgan fingerprint density at radius 1 is 1.19 bits per heavy atom. The van der Waals surface area contributed by atoms with Crippen LogP contribution in [0.5, 0.6) is 0 Å². The molecule has 0 aromatic carbocycles. The highest BCUT2D eigenvalue weighted by molar-refractivity contribution is 5.85. The van der Waals surface area contributed by atoms with Crippen molar-refractivity contribution in [1.82, 2.24) is 10.6 Å². The van der Waals surface area contributed by atoms with Gasteiger partial charge in [-0.2, -0.15) is 0 Å². The number of carbonyl (C=O) groups is 3. The average molecular weight is 231 g/mol. The summed E-state index contributed by atoms with van der Waals surface area (Å²) in [5.41, 5.74) is 5.03. The fourth-order valence-corrected chi connectivity index (χ4v) is 0.876. The topological polar surface area (TPSA) is 111 Å². The van der Waals surface area contributed by atoms with Crippen molar-refractivity contribution in [1.29, 1.82) is 0 Å². The van der Waals surface area contributed by atoms with E-state index in [4.69, 9.17) is 5.73 Å². The Balaban J connectivity index is 3.44. The molecular weight excluding hydrogens is 214 g/mol. The van der Waals surface area contributed by atoms with Crippen molar-refractivity contribution in [2.45, 2.75) is 12.8 Å². The van der Waals surface area contributed by atoms with Crippen LogP contribution in [0.2, 0.25) is 0 Å². The lowest BCUT2D eigenvalue weighted by molar-refractivity contribution is -0.140. The van der Waals surface area contributed by atoms with Crippen LogP contribution in [0.15, 0.2) is 0 Å². The number of nitrogens with one attached hydrogen (secondary N) is 2. The molecule has 0 unspecified atom stereocenters. The molecule has 0 aliphatic rings. The van der Waals surface area contributed by atoms with Crippen molar-refractivity contribution in [2.75, 3.05) is 26.7 Å². The van der Waals surface area contributed by atoms with E-state index in [1.165, 1.54) is 7.11 Å². The van der Waals surface area contributed by atoms with Crippen LogP contribution in [0.4, 0.5) is 0 Å². The number of methoxy groups -OCH3 is 1. The molecule has 7 nitrogen and oxygen atoms in total. The van der Waals surface area contributed by atoms with Crippen LogP contribution < -0.4 is 16.4 Å². The van der Waals surface area contributed by atoms with Crippen molar-refractivity contribution in [3.8, 4) is 0 Å². The minimum atomic E-state index is -0.385. The van der Waals surface area contributed by atoms with E-state index in [1.807, 2.05) is 0 Å². The van der Waals surface area contributed by atoms with Gasteiger partial charge in [0.25, 0.3) is 0 Å². The number of hydrogen-bond acceptors (Lipinski definition) is 5. The van der Waals surface area contributed by atoms with Gasteiger partial charge in [-0.25, -0.2) is 0 Å². The van der Waals surface area contributed by atoms with E-state index in [9.17, 15) is 14.4 Å². The van der Waals surface area contributed by atoms with Crippen LogP contribution >= 0.6 is 0 Å². The second-order valence-corrected chi connectivity index (χ2v) is 3.01. The summed E-state index contributed by atoms with van der Waals surface area (Å²) in [6.07, 6.45) is 0.759. The number of amides is 2. The molecule has 7 heteroatoms. The smallest absolute Gasteiger partial charge is 0.305 e. The molecule has 16 heavy (non-hydrogen) atoms. The van der Waals surface area contributed by atoms with Crippen LogP contribution in [-0.2, 0) is 19.1 Å². The molecule has 0 bridgehead atoms. The Morgan fingerprint density at radius 3 is 2.44 bits per heavy atom. The van der Waals surface area contributed by atoms with Gasteiger partial charge in [0.2, 0.25) is 11.8 Å². The van der Waals surface area contributed by atoms with E-state index >= 15 is 0 Å². The number of esters is 1. The zero-order valence-electron chi connectivity index (χ0n) is 9.25. The van der Waals surface area contributed by atoms with Crippen molar-refractivity contribution < 1.29 is 19.1 Å². The van der Waals surface area contributed by atoms with Crippen LogP contribution in [0.1, 0.15) is 12.8 Å². The van der Waals surface area contributed by atoms with E-state index in [0.717, 1.165) is 0 Å². The Labute approximate surface area is 93.7 Å². The van der Waals surface area contributed by atoms with Gasteiger partial charge in [-0.3, -0.25) is 14.4 Å². The third kappa shape index (κ3) is 7.74. The molecule has 0 aliphatic heterocycles. The standard InChI is InChI=1S/C9H17N3O4/c1-16-9(15)3-2-4-11-8(14)6-12-7(13)5-10/h2-6,10H2,1H3,(H,11,14)(H,12,13). The molecule has 0 saturated carbocycles. The normalized spacial score (nSPS) is 9.38. The molecule has 92 valence electrons. The van der Waals surface area contributed by atoms with Gasteiger partial charge in [-0.1, -0.05) is 0 Å². The second-order valence-electron chi connectivity index (χ2n) is 3.01. The molecule has 0 atom stereocenters. The van der Waals surface area contributed by atoms with E-state index in [0.29, 0.717) is 13.0 Å². The second kappa shape index (κ2) is 8.66. The van der Waals surface area contributed by atoms with Gasteiger partial charge in [0.05, 0.1) is 20.2 Å². The monoisotopic (exact) mass is 231 g/mol. The highest BCUT2D eigenvalue weighted by Gasteiger charge is 2.04. The molecule has 4 N–H and O–H groups in total. The molecule has 0 aromatic rings. The van der Waals surface area contributed by atoms with Crippen molar-refractivity contribution in [3.05, 3.63) is 0 Å². The van der Waals surface area contributed by atoms with E-state index < -0.39 is 0 Å². The SMILES string of the molecule is COC(=O)CCCNC(=O)CNC(=O)CN. The maximum Gasteiger partial charge on any atom is 0.305 e. The number of rotatable bonds is 7. The lowest BCUT2D eigenvalue weighted by Crippen LogP contribution is -2.39. The maximum atomic E-state index is 11.1. The van der Waals surface area contributed by atoms with Gasteiger partial charge in [-0.05, 0) is 6.42 Å². The Bertz CT molecular complexity index is 255. The van der Waals surface area contributed by atoms with E-state index in [-0.39, 0.29) is 37.3 Å². The highest BCUT2D eigenvalue weighted by atomic mass is 16.5. The first kappa shape index (κ1) is 14.4. The lowest BCUT2D eigenvalue weighted by atomic mass is 10.3. The van der Waals surface area contributed by atoms with E-state index in [1.54, 1.807) is 0 Å². The van der Waals surface area contributed by atoms with Crippen molar-refractivity contribution in [2.24, 2.45) is 5.73 Å². The summed E-state index contributed by atoms with van der Waals surface area (Å²) < 4.78 is 4.43. The molecule has 0 radical (unpaired) electrons. The first-order chi connectivity index (χ1) is 7.60. The molecule has 0 aliphatic carbocycles. The zero-order valence-corrected chi connectivity index (χ0v) is 9.25. The minimum Gasteiger partial charge on any atom is -0.469 e. The third-order valence-electron chi connectivity index (χ3n) is 1.74. The van der Waals surface area contributed by atoms with Crippen LogP contribution in [-0.4, -0.2) is 44.5 Å². The summed E-state index contributed by atoms with van der Waals surface area (Å²) in [5.74, 6) is -1.01. The van der Waals surface area contributed by atoms with Crippen LogP contribution in [0, 0.1) is 0 Å². The summed E-state index contributed by atoms with van der Waals surface area (Å²) in [7, 11) is 1.31. The fraction of sp³-hybridized carbons (Fsp3) is 0.667. The first-order valence-corrected chi connectivity index (χ1v) is 4.90. The molecule has 0 spiro atoms. The summed E-state index contributed by atoms with van der Waals surface area (Å²) in [5, 5.41) is 4.86. The van der Waals surface area contributed by atoms with Gasteiger partial charge in [0.15, 0.2) is 0 Å². The molecule has 0 aromatic heterocycles. The summed E-state index contributed by atoms with van der Waals surface area (Å²) in [4.78, 5) is 32.5. The molecule has 0 fully saturated rings. The lowest BCUT2D eigenvalue weighted by Gasteiger charge is -2.05. The van der Waals surface area contributed by atoms with Gasteiger partial charge < -0.3 is 21.1 Å². The number of ether oxygens (including phenoxy) is 1. The van der Waals surface area contributed by atoms with Gasteiger partial charge >= 0.3 is 5.97 Å². The molecule has 0 saturated heterocycles. The predicted molar refractivity (Wildman–Crippen MR) is 56.3 cm³/mol. The maximum absolute atomic E-state index is 11.1. The molecular formula is C9H17N3O4. The van der Waals surface area contributed by atoms with Crippen LogP contribution in [0.3, 0.4) is 0 Å². The Kier molecular flexibility index (Phi) is 7.78. The Hall–Kier alpha value is -1.63. The van der Waals surface area contributed by atoms with Gasteiger partial charge in [-0.15, -0.1) is 0 Å². The minimum absolute atomic E-state index is 0.103. The molecule has 0 rings (SSSR count). The highest BCUT2D eigenvalue weighted by Crippen LogP contribution is 1.89. The van der Waals surface area contributed by atoms with E-state index in [2.05, 4.69) is 15.4 Å². The zero-order chi connectivity index (χ0) is 12.4. The average Bonchev–Trinajstić information content (AvgIpc) is 2.31.